The minimum atomic E-state index is 1.06. The van der Waals surface area contributed by atoms with Gasteiger partial charge in [-0.15, -0.1) is 0 Å². The van der Waals surface area contributed by atoms with E-state index in [1.807, 2.05) is 6.20 Å². The van der Waals surface area contributed by atoms with Gasteiger partial charge in [0.2, 0.25) is 0 Å². The molecular weight excluding hydrogens is 218 g/mol. The number of pyridine rings is 1. The Labute approximate surface area is 107 Å². The first-order chi connectivity index (χ1) is 8.74. The molecule has 1 nitrogen and oxygen atoms in total. The van der Waals surface area contributed by atoms with Gasteiger partial charge < -0.3 is 0 Å². The van der Waals surface area contributed by atoms with Crippen LogP contribution in [0.25, 0.3) is 22.0 Å². The van der Waals surface area contributed by atoms with Gasteiger partial charge in [-0.1, -0.05) is 41.5 Å². The van der Waals surface area contributed by atoms with Crippen LogP contribution in [0, 0.1) is 13.8 Å². The molecule has 0 saturated carbocycles. The molecular formula is C17H15N. The van der Waals surface area contributed by atoms with Crippen LogP contribution in [-0.4, -0.2) is 4.98 Å². The molecule has 18 heavy (non-hydrogen) atoms. The monoisotopic (exact) mass is 233 g/mol. The van der Waals surface area contributed by atoms with E-state index in [9.17, 15) is 0 Å². The lowest BCUT2D eigenvalue weighted by Crippen LogP contribution is -1.86. The van der Waals surface area contributed by atoms with E-state index < -0.39 is 0 Å². The molecule has 0 spiro atoms. The van der Waals surface area contributed by atoms with Crippen LogP contribution in [-0.2, 0) is 0 Å². The fourth-order valence-corrected chi connectivity index (χ4v) is 2.32. The summed E-state index contributed by atoms with van der Waals surface area (Å²) >= 11 is 0. The molecule has 3 rings (SSSR count). The van der Waals surface area contributed by atoms with Crippen LogP contribution in [0.15, 0.2) is 54.7 Å². The van der Waals surface area contributed by atoms with Gasteiger partial charge in [0, 0.05) is 11.6 Å². The highest BCUT2D eigenvalue weighted by atomic mass is 14.6. The Bertz CT molecular complexity index is 714. The van der Waals surface area contributed by atoms with Crippen molar-refractivity contribution < 1.29 is 0 Å². The summed E-state index contributed by atoms with van der Waals surface area (Å²) in [5, 5.41) is 1.23. The maximum Gasteiger partial charge on any atom is 0.0708 e. The van der Waals surface area contributed by atoms with Gasteiger partial charge in [0.25, 0.3) is 0 Å². The Morgan fingerprint density at radius 2 is 1.67 bits per heavy atom. The van der Waals surface area contributed by atoms with E-state index in [1.54, 1.807) is 0 Å². The van der Waals surface area contributed by atoms with Crippen molar-refractivity contribution in [2.45, 2.75) is 13.8 Å². The average molecular weight is 233 g/mol. The summed E-state index contributed by atoms with van der Waals surface area (Å²) in [5.41, 5.74) is 6.12. The number of fused-ring (bicyclic) bond motifs is 1. The molecule has 0 N–H and O–H groups in total. The smallest absolute Gasteiger partial charge is 0.0708 e. The lowest BCUT2D eigenvalue weighted by Gasteiger charge is -2.07. The average Bonchev–Trinajstić information content (AvgIpc) is 2.38. The molecule has 0 radical (unpaired) electrons. The second-order valence-corrected chi connectivity index (χ2v) is 4.75. The third kappa shape index (κ3) is 1.88. The summed E-state index contributed by atoms with van der Waals surface area (Å²) in [4.78, 5) is 4.43. The number of aryl methyl sites for hydroxylation is 2. The maximum atomic E-state index is 4.43. The molecule has 2 aromatic carbocycles. The van der Waals surface area contributed by atoms with E-state index in [0.717, 1.165) is 5.52 Å². The Hall–Kier alpha value is -2.15. The fraction of sp³-hybridized carbons (Fsp3) is 0.118. The lowest BCUT2D eigenvalue weighted by molar-refractivity contribution is 1.39. The van der Waals surface area contributed by atoms with Crippen molar-refractivity contribution in [1.29, 1.82) is 0 Å². The van der Waals surface area contributed by atoms with Crippen molar-refractivity contribution in [1.82, 2.24) is 4.98 Å². The van der Waals surface area contributed by atoms with Crippen LogP contribution in [0.3, 0.4) is 0 Å². The predicted octanol–water partition coefficient (Wildman–Crippen LogP) is 4.52. The van der Waals surface area contributed by atoms with Gasteiger partial charge in [0.05, 0.1) is 5.52 Å². The molecule has 0 aliphatic carbocycles. The number of hydrogen-bond acceptors (Lipinski definition) is 1. The molecule has 0 aliphatic rings. The second kappa shape index (κ2) is 4.26. The zero-order valence-electron chi connectivity index (χ0n) is 10.6. The van der Waals surface area contributed by atoms with Crippen LogP contribution >= 0.6 is 0 Å². The molecule has 1 heterocycles. The Balaban J connectivity index is 2.32. The summed E-state index contributed by atoms with van der Waals surface area (Å²) in [7, 11) is 0. The highest BCUT2D eigenvalue weighted by Gasteiger charge is 2.04. The van der Waals surface area contributed by atoms with Crippen LogP contribution < -0.4 is 0 Å². The minimum Gasteiger partial charge on any atom is -0.256 e. The van der Waals surface area contributed by atoms with Gasteiger partial charge in [0.15, 0.2) is 0 Å². The summed E-state index contributed by atoms with van der Waals surface area (Å²) in [6, 6.07) is 17.1. The van der Waals surface area contributed by atoms with Crippen LogP contribution in [0.4, 0.5) is 0 Å². The van der Waals surface area contributed by atoms with Crippen molar-refractivity contribution in [3.05, 3.63) is 65.9 Å². The van der Waals surface area contributed by atoms with E-state index in [4.69, 9.17) is 0 Å². The van der Waals surface area contributed by atoms with Crippen molar-refractivity contribution in [2.24, 2.45) is 0 Å². The van der Waals surface area contributed by atoms with Crippen molar-refractivity contribution in [3.63, 3.8) is 0 Å². The first-order valence-corrected chi connectivity index (χ1v) is 6.16. The normalized spacial score (nSPS) is 10.8. The van der Waals surface area contributed by atoms with E-state index in [-0.39, 0.29) is 0 Å². The number of benzene rings is 2. The predicted molar refractivity (Wildman–Crippen MR) is 76.7 cm³/mol. The fourth-order valence-electron chi connectivity index (χ4n) is 2.32. The largest absolute Gasteiger partial charge is 0.256 e. The topological polar surface area (TPSA) is 12.9 Å². The molecule has 88 valence electrons. The Morgan fingerprint density at radius 1 is 0.833 bits per heavy atom. The molecule has 3 aromatic rings. The maximum absolute atomic E-state index is 4.43. The SMILES string of the molecule is Cc1cccc(-c2ccnc3ccc(C)cc23)c1. The summed E-state index contributed by atoms with van der Waals surface area (Å²) in [5.74, 6) is 0. The minimum absolute atomic E-state index is 1.06. The third-order valence-corrected chi connectivity index (χ3v) is 3.23. The van der Waals surface area contributed by atoms with Crippen molar-refractivity contribution in [2.75, 3.05) is 0 Å². The van der Waals surface area contributed by atoms with E-state index in [0.29, 0.717) is 0 Å². The van der Waals surface area contributed by atoms with Gasteiger partial charge in [-0.05, 0) is 43.2 Å². The van der Waals surface area contributed by atoms with Crippen molar-refractivity contribution in [3.8, 4) is 11.1 Å². The first kappa shape index (κ1) is 11.0. The van der Waals surface area contributed by atoms with Crippen LogP contribution in [0.5, 0.6) is 0 Å². The molecule has 0 saturated heterocycles. The summed E-state index contributed by atoms with van der Waals surface area (Å²) in [6.07, 6.45) is 1.88. The molecule has 0 atom stereocenters. The number of rotatable bonds is 1. The highest BCUT2D eigenvalue weighted by molar-refractivity contribution is 5.94. The van der Waals surface area contributed by atoms with Gasteiger partial charge >= 0.3 is 0 Å². The zero-order valence-corrected chi connectivity index (χ0v) is 10.6. The van der Waals surface area contributed by atoms with Gasteiger partial charge in [0.1, 0.15) is 0 Å². The summed E-state index contributed by atoms with van der Waals surface area (Å²) in [6.45, 7) is 4.24. The Morgan fingerprint density at radius 3 is 2.50 bits per heavy atom. The molecule has 0 fully saturated rings. The molecule has 0 unspecified atom stereocenters. The van der Waals surface area contributed by atoms with Crippen molar-refractivity contribution >= 4 is 10.9 Å². The van der Waals surface area contributed by atoms with Gasteiger partial charge in [-0.25, -0.2) is 0 Å². The molecule has 0 amide bonds. The molecule has 0 aliphatic heterocycles. The number of aromatic nitrogens is 1. The first-order valence-electron chi connectivity index (χ1n) is 6.16. The lowest BCUT2D eigenvalue weighted by atomic mass is 9.99. The highest BCUT2D eigenvalue weighted by Crippen LogP contribution is 2.28. The van der Waals surface area contributed by atoms with Crippen LogP contribution in [0.2, 0.25) is 0 Å². The number of hydrogen-bond donors (Lipinski definition) is 0. The zero-order chi connectivity index (χ0) is 12.5. The summed E-state index contributed by atoms with van der Waals surface area (Å²) < 4.78 is 0. The van der Waals surface area contributed by atoms with E-state index in [2.05, 4.69) is 67.4 Å². The number of nitrogens with zero attached hydrogens (tertiary/aromatic N) is 1. The molecule has 1 heteroatoms. The van der Waals surface area contributed by atoms with Gasteiger partial charge in [-0.2, -0.15) is 0 Å². The molecule has 0 bridgehead atoms. The molecule has 1 aromatic heterocycles. The quantitative estimate of drug-likeness (QED) is 0.602. The van der Waals surface area contributed by atoms with Crippen LogP contribution in [0.1, 0.15) is 11.1 Å². The Kier molecular flexibility index (Phi) is 2.60. The van der Waals surface area contributed by atoms with Gasteiger partial charge in [-0.3, -0.25) is 4.98 Å². The standard InChI is InChI=1S/C17H15N/c1-12-4-3-5-14(10-12)15-8-9-18-17-7-6-13(2)11-16(15)17/h3-11H,1-2H3. The van der Waals surface area contributed by atoms with E-state index in [1.165, 1.54) is 27.6 Å². The third-order valence-electron chi connectivity index (χ3n) is 3.23. The van der Waals surface area contributed by atoms with E-state index >= 15 is 0 Å². The second-order valence-electron chi connectivity index (χ2n) is 4.75.